The first-order valence-corrected chi connectivity index (χ1v) is 7.65. The highest BCUT2D eigenvalue weighted by atomic mass is 16.5. The highest BCUT2D eigenvalue weighted by Gasteiger charge is 2.08. The van der Waals surface area contributed by atoms with Gasteiger partial charge in [0.25, 0.3) is 0 Å². The van der Waals surface area contributed by atoms with E-state index in [1.165, 1.54) is 5.56 Å². The number of amides is 1. The van der Waals surface area contributed by atoms with Gasteiger partial charge in [0, 0.05) is 18.9 Å². The van der Waals surface area contributed by atoms with Gasteiger partial charge in [0.05, 0.1) is 7.11 Å². The number of aliphatic carboxylic acids is 1. The molecule has 5 heteroatoms. The molecule has 22 heavy (non-hydrogen) atoms. The fraction of sp³-hybridized carbons (Fsp3) is 0.529. The minimum atomic E-state index is -0.812. The molecule has 1 amide bonds. The van der Waals surface area contributed by atoms with Crippen LogP contribution in [0.5, 0.6) is 5.75 Å². The van der Waals surface area contributed by atoms with Crippen LogP contribution in [0.15, 0.2) is 24.3 Å². The molecule has 2 N–H and O–H groups in total. The van der Waals surface area contributed by atoms with Crippen LogP contribution in [-0.4, -0.2) is 30.1 Å². The number of aryl methyl sites for hydroxylation is 1. The average molecular weight is 307 g/mol. The lowest BCUT2D eigenvalue weighted by Crippen LogP contribution is -2.32. The molecule has 1 aromatic carbocycles. The van der Waals surface area contributed by atoms with Crippen LogP contribution >= 0.6 is 0 Å². The zero-order valence-electron chi connectivity index (χ0n) is 13.3. The summed E-state index contributed by atoms with van der Waals surface area (Å²) in [7, 11) is 1.64. The van der Waals surface area contributed by atoms with Crippen LogP contribution in [0.1, 0.15) is 44.6 Å². The Morgan fingerprint density at radius 2 is 1.82 bits per heavy atom. The third kappa shape index (κ3) is 7.67. The maximum Gasteiger partial charge on any atom is 0.303 e. The molecule has 1 rings (SSSR count). The number of carboxylic acids is 1. The van der Waals surface area contributed by atoms with Gasteiger partial charge in [-0.25, -0.2) is 0 Å². The van der Waals surface area contributed by atoms with Crippen LogP contribution < -0.4 is 10.1 Å². The van der Waals surface area contributed by atoms with Crippen molar-refractivity contribution in [3.63, 3.8) is 0 Å². The van der Waals surface area contributed by atoms with Crippen molar-refractivity contribution < 1.29 is 19.4 Å². The van der Waals surface area contributed by atoms with E-state index in [9.17, 15) is 9.59 Å². The van der Waals surface area contributed by atoms with Gasteiger partial charge in [-0.1, -0.05) is 12.1 Å². The van der Waals surface area contributed by atoms with E-state index in [0.29, 0.717) is 19.3 Å². The standard InChI is InChI=1S/C17H25NO4/c1-13(18-16(19)5-3-4-6-17(20)21)7-8-14-9-11-15(22-2)12-10-14/h9-13H,3-8H2,1-2H3,(H,18,19)(H,20,21). The molecule has 0 bridgehead atoms. The second kappa shape index (κ2) is 9.82. The Kier molecular flexibility index (Phi) is 8.04. The summed E-state index contributed by atoms with van der Waals surface area (Å²) in [6.45, 7) is 1.98. The number of rotatable bonds is 10. The summed E-state index contributed by atoms with van der Waals surface area (Å²) in [6.07, 6.45) is 3.43. The zero-order chi connectivity index (χ0) is 16.4. The number of methoxy groups -OCH3 is 1. The lowest BCUT2D eigenvalue weighted by Gasteiger charge is -2.14. The monoisotopic (exact) mass is 307 g/mol. The Morgan fingerprint density at radius 3 is 2.41 bits per heavy atom. The van der Waals surface area contributed by atoms with Gasteiger partial charge in [-0.3, -0.25) is 9.59 Å². The Hall–Kier alpha value is -2.04. The molecule has 0 fully saturated rings. The molecular weight excluding hydrogens is 282 g/mol. The smallest absolute Gasteiger partial charge is 0.303 e. The number of hydrogen-bond donors (Lipinski definition) is 2. The van der Waals surface area contributed by atoms with Crippen LogP contribution in [0.4, 0.5) is 0 Å². The van der Waals surface area contributed by atoms with Gasteiger partial charge in [-0.05, 0) is 50.3 Å². The van der Waals surface area contributed by atoms with Gasteiger partial charge in [0.15, 0.2) is 0 Å². The van der Waals surface area contributed by atoms with Crippen molar-refractivity contribution in [2.75, 3.05) is 7.11 Å². The molecule has 1 aromatic rings. The lowest BCUT2D eigenvalue weighted by molar-refractivity contribution is -0.137. The first-order chi connectivity index (χ1) is 10.5. The molecule has 0 aliphatic rings. The molecule has 5 nitrogen and oxygen atoms in total. The van der Waals surface area contributed by atoms with Crippen molar-refractivity contribution in [3.8, 4) is 5.75 Å². The molecule has 1 atom stereocenters. The van der Waals surface area contributed by atoms with Crippen LogP contribution in [0, 0.1) is 0 Å². The van der Waals surface area contributed by atoms with Crippen LogP contribution in [0.2, 0.25) is 0 Å². The van der Waals surface area contributed by atoms with Crippen molar-refractivity contribution in [1.29, 1.82) is 0 Å². The highest BCUT2D eigenvalue weighted by molar-refractivity contribution is 5.76. The highest BCUT2D eigenvalue weighted by Crippen LogP contribution is 2.13. The summed E-state index contributed by atoms with van der Waals surface area (Å²) >= 11 is 0. The van der Waals surface area contributed by atoms with Gasteiger partial charge in [0.2, 0.25) is 5.91 Å². The zero-order valence-corrected chi connectivity index (χ0v) is 13.3. The number of unbranched alkanes of at least 4 members (excludes halogenated alkanes) is 1. The van der Waals surface area contributed by atoms with E-state index in [-0.39, 0.29) is 18.4 Å². The van der Waals surface area contributed by atoms with Crippen LogP contribution in [-0.2, 0) is 16.0 Å². The lowest BCUT2D eigenvalue weighted by atomic mass is 10.1. The molecule has 0 heterocycles. The maximum atomic E-state index is 11.7. The molecule has 0 aromatic heterocycles. The predicted octanol–water partition coefficient (Wildman–Crippen LogP) is 2.78. The van der Waals surface area contributed by atoms with Crippen molar-refractivity contribution in [2.24, 2.45) is 0 Å². The largest absolute Gasteiger partial charge is 0.497 e. The van der Waals surface area contributed by atoms with E-state index in [1.54, 1.807) is 7.11 Å². The fourth-order valence-corrected chi connectivity index (χ4v) is 2.16. The van der Waals surface area contributed by atoms with E-state index in [0.717, 1.165) is 18.6 Å². The SMILES string of the molecule is COc1ccc(CCC(C)NC(=O)CCCCC(=O)O)cc1. The predicted molar refractivity (Wildman–Crippen MR) is 85.0 cm³/mol. The van der Waals surface area contributed by atoms with E-state index in [1.807, 2.05) is 31.2 Å². The average Bonchev–Trinajstić information content (AvgIpc) is 2.50. The van der Waals surface area contributed by atoms with Crippen molar-refractivity contribution >= 4 is 11.9 Å². The van der Waals surface area contributed by atoms with Crippen molar-refractivity contribution in [3.05, 3.63) is 29.8 Å². The summed E-state index contributed by atoms with van der Waals surface area (Å²) in [5, 5.41) is 11.5. The molecule has 0 saturated carbocycles. The number of ether oxygens (including phenoxy) is 1. The van der Waals surface area contributed by atoms with Crippen LogP contribution in [0.25, 0.3) is 0 Å². The molecule has 0 saturated heterocycles. The first kappa shape index (κ1) is 18.0. The number of carbonyl (C=O) groups is 2. The Labute approximate surface area is 131 Å². The third-order valence-electron chi connectivity index (χ3n) is 3.48. The first-order valence-electron chi connectivity index (χ1n) is 7.65. The molecule has 122 valence electrons. The number of hydrogen-bond acceptors (Lipinski definition) is 3. The topological polar surface area (TPSA) is 75.6 Å². The quantitative estimate of drug-likeness (QED) is 0.652. The van der Waals surface area contributed by atoms with E-state index in [4.69, 9.17) is 9.84 Å². The van der Waals surface area contributed by atoms with Gasteiger partial charge >= 0.3 is 5.97 Å². The Bertz CT molecular complexity index is 470. The molecule has 0 spiro atoms. The molecule has 0 radical (unpaired) electrons. The molecular formula is C17H25NO4. The number of carboxylic acid groups (broad SMARTS) is 1. The maximum absolute atomic E-state index is 11.7. The summed E-state index contributed by atoms with van der Waals surface area (Å²) in [5.41, 5.74) is 1.21. The van der Waals surface area contributed by atoms with E-state index < -0.39 is 5.97 Å². The summed E-state index contributed by atoms with van der Waals surface area (Å²) < 4.78 is 5.12. The molecule has 0 aliphatic heterocycles. The molecule has 1 unspecified atom stereocenters. The van der Waals surface area contributed by atoms with Crippen molar-refractivity contribution in [1.82, 2.24) is 5.32 Å². The summed E-state index contributed by atoms with van der Waals surface area (Å²) in [6, 6.07) is 8.02. The Balaban J connectivity index is 2.20. The summed E-state index contributed by atoms with van der Waals surface area (Å²) in [5.74, 6) is 0.0207. The van der Waals surface area contributed by atoms with Gasteiger partial charge < -0.3 is 15.2 Å². The minimum Gasteiger partial charge on any atom is -0.497 e. The second-order valence-corrected chi connectivity index (χ2v) is 5.46. The van der Waals surface area contributed by atoms with E-state index >= 15 is 0 Å². The third-order valence-corrected chi connectivity index (χ3v) is 3.48. The molecule has 0 aliphatic carbocycles. The van der Waals surface area contributed by atoms with Crippen LogP contribution in [0.3, 0.4) is 0 Å². The Morgan fingerprint density at radius 1 is 1.18 bits per heavy atom. The fourth-order valence-electron chi connectivity index (χ4n) is 2.16. The number of nitrogens with one attached hydrogen (secondary N) is 1. The summed E-state index contributed by atoms with van der Waals surface area (Å²) in [4.78, 5) is 22.1. The van der Waals surface area contributed by atoms with Crippen molar-refractivity contribution in [2.45, 2.75) is 51.5 Å². The van der Waals surface area contributed by atoms with Gasteiger partial charge in [-0.2, -0.15) is 0 Å². The normalized spacial score (nSPS) is 11.7. The van der Waals surface area contributed by atoms with Gasteiger partial charge in [-0.15, -0.1) is 0 Å². The number of carbonyl (C=O) groups excluding carboxylic acids is 1. The second-order valence-electron chi connectivity index (χ2n) is 5.46. The van der Waals surface area contributed by atoms with Gasteiger partial charge in [0.1, 0.15) is 5.75 Å². The minimum absolute atomic E-state index is 0.00683. The van der Waals surface area contributed by atoms with E-state index in [2.05, 4.69) is 5.32 Å². The number of benzene rings is 1.